The summed E-state index contributed by atoms with van der Waals surface area (Å²) in [6.07, 6.45) is 2.87. The molecule has 1 heterocycles. The number of anilines is 1. The first-order valence-electron chi connectivity index (χ1n) is 7.09. The maximum atomic E-state index is 12.8. The van der Waals surface area contributed by atoms with Crippen LogP contribution < -0.4 is 5.73 Å². The molecule has 0 spiro atoms. The van der Waals surface area contributed by atoms with Crippen LogP contribution in [0.2, 0.25) is 0 Å². The van der Waals surface area contributed by atoms with Gasteiger partial charge >= 0.3 is 0 Å². The minimum Gasteiger partial charge on any atom is -0.398 e. The van der Waals surface area contributed by atoms with Gasteiger partial charge in [-0.1, -0.05) is 19.9 Å². The molecule has 1 aliphatic heterocycles. The van der Waals surface area contributed by atoms with E-state index in [0.29, 0.717) is 29.2 Å². The van der Waals surface area contributed by atoms with Crippen molar-refractivity contribution in [1.29, 1.82) is 0 Å². The van der Waals surface area contributed by atoms with E-state index in [-0.39, 0.29) is 5.41 Å². The van der Waals surface area contributed by atoms with Crippen LogP contribution in [0.15, 0.2) is 23.1 Å². The highest BCUT2D eigenvalue weighted by Gasteiger charge is 2.31. The highest BCUT2D eigenvalue weighted by atomic mass is 32.2. The predicted molar refractivity (Wildman–Crippen MR) is 82.0 cm³/mol. The third-order valence-electron chi connectivity index (χ3n) is 4.24. The van der Waals surface area contributed by atoms with E-state index < -0.39 is 10.0 Å². The Hall–Kier alpha value is -1.07. The third-order valence-corrected chi connectivity index (χ3v) is 6.29. The molecule has 1 aromatic rings. The molecule has 0 bridgehead atoms. The molecule has 0 saturated carbocycles. The van der Waals surface area contributed by atoms with E-state index in [4.69, 9.17) is 5.73 Å². The lowest BCUT2D eigenvalue weighted by atomic mass is 9.85. The Bertz CT molecular complexity index is 594. The summed E-state index contributed by atoms with van der Waals surface area (Å²) in [5, 5.41) is 0. The summed E-state index contributed by atoms with van der Waals surface area (Å²) >= 11 is 0. The van der Waals surface area contributed by atoms with Gasteiger partial charge in [0.1, 0.15) is 0 Å². The van der Waals surface area contributed by atoms with Gasteiger partial charge in [-0.25, -0.2) is 8.42 Å². The number of nitrogens with two attached hydrogens (primary N) is 1. The lowest BCUT2D eigenvalue weighted by molar-refractivity contribution is 0.315. The molecule has 0 aromatic heterocycles. The topological polar surface area (TPSA) is 63.4 Å². The molecule has 0 radical (unpaired) electrons. The van der Waals surface area contributed by atoms with Crippen molar-refractivity contribution >= 4 is 15.7 Å². The van der Waals surface area contributed by atoms with E-state index in [0.717, 1.165) is 19.3 Å². The van der Waals surface area contributed by atoms with Crippen molar-refractivity contribution in [3.8, 4) is 0 Å². The Labute approximate surface area is 122 Å². The van der Waals surface area contributed by atoms with Crippen molar-refractivity contribution in [2.24, 2.45) is 5.41 Å². The van der Waals surface area contributed by atoms with E-state index in [2.05, 4.69) is 13.8 Å². The Kier molecular flexibility index (Phi) is 4.12. The highest BCUT2D eigenvalue weighted by Crippen LogP contribution is 2.32. The second-order valence-electron chi connectivity index (χ2n) is 6.39. The molecular formula is C15H24N2O2S. The summed E-state index contributed by atoms with van der Waals surface area (Å²) in [4.78, 5) is 0.345. The number of hydrogen-bond acceptors (Lipinski definition) is 3. The van der Waals surface area contributed by atoms with Crippen molar-refractivity contribution in [2.75, 3.05) is 18.8 Å². The summed E-state index contributed by atoms with van der Waals surface area (Å²) in [7, 11) is -3.44. The van der Waals surface area contributed by atoms with Gasteiger partial charge in [0.2, 0.25) is 10.0 Å². The molecule has 1 aliphatic rings. The molecule has 112 valence electrons. The van der Waals surface area contributed by atoms with Crippen molar-refractivity contribution in [3.05, 3.63) is 23.8 Å². The second kappa shape index (κ2) is 5.37. The first-order valence-corrected chi connectivity index (χ1v) is 8.53. The summed E-state index contributed by atoms with van der Waals surface area (Å²) in [5.41, 5.74) is 7.23. The Morgan fingerprint density at radius 1 is 1.20 bits per heavy atom. The molecule has 0 unspecified atom stereocenters. The van der Waals surface area contributed by atoms with E-state index in [9.17, 15) is 8.42 Å². The maximum absolute atomic E-state index is 12.8. The minimum atomic E-state index is -3.44. The van der Waals surface area contributed by atoms with Crippen molar-refractivity contribution in [3.63, 3.8) is 0 Å². The standard InChI is InChI=1S/C15H24N2O2S/c1-12-13(16)6-4-7-14(12)20(18,19)17-10-5-8-15(2,3)9-11-17/h4,6-7H,5,8-11,16H2,1-3H3. The molecular weight excluding hydrogens is 272 g/mol. The average molecular weight is 296 g/mol. The quantitative estimate of drug-likeness (QED) is 0.854. The summed E-state index contributed by atoms with van der Waals surface area (Å²) in [5.74, 6) is 0. The van der Waals surface area contributed by atoms with Crippen LogP contribution in [0.5, 0.6) is 0 Å². The smallest absolute Gasteiger partial charge is 0.243 e. The van der Waals surface area contributed by atoms with Crippen LogP contribution in [0.25, 0.3) is 0 Å². The zero-order valence-corrected chi connectivity index (χ0v) is 13.3. The van der Waals surface area contributed by atoms with Crippen molar-refractivity contribution in [1.82, 2.24) is 4.31 Å². The first-order chi connectivity index (χ1) is 9.24. The fourth-order valence-electron chi connectivity index (χ4n) is 2.69. The normalized spacial score (nSPS) is 20.6. The van der Waals surface area contributed by atoms with Crippen molar-refractivity contribution < 1.29 is 8.42 Å². The second-order valence-corrected chi connectivity index (χ2v) is 8.30. The molecule has 20 heavy (non-hydrogen) atoms. The van der Waals surface area contributed by atoms with Crippen LogP contribution in [0.3, 0.4) is 0 Å². The zero-order chi connectivity index (χ0) is 15.0. The molecule has 1 aromatic carbocycles. The van der Waals surface area contributed by atoms with Crippen LogP contribution in [-0.4, -0.2) is 25.8 Å². The largest absolute Gasteiger partial charge is 0.398 e. The van der Waals surface area contributed by atoms with Gasteiger partial charge in [-0.2, -0.15) is 4.31 Å². The molecule has 1 saturated heterocycles. The van der Waals surface area contributed by atoms with Gasteiger partial charge in [0.05, 0.1) is 4.90 Å². The van der Waals surface area contributed by atoms with Crippen LogP contribution >= 0.6 is 0 Å². The number of hydrogen-bond donors (Lipinski definition) is 1. The SMILES string of the molecule is Cc1c(N)cccc1S(=O)(=O)N1CCCC(C)(C)CC1. The number of nitrogens with zero attached hydrogens (tertiary/aromatic N) is 1. The van der Waals surface area contributed by atoms with Crippen LogP contribution in [0.1, 0.15) is 38.7 Å². The highest BCUT2D eigenvalue weighted by molar-refractivity contribution is 7.89. The van der Waals surface area contributed by atoms with Gasteiger partial charge in [-0.3, -0.25) is 0 Å². The monoisotopic (exact) mass is 296 g/mol. The summed E-state index contributed by atoms with van der Waals surface area (Å²) in [6.45, 7) is 7.36. The van der Waals surface area contributed by atoms with Gasteiger partial charge in [-0.15, -0.1) is 0 Å². The number of rotatable bonds is 2. The Balaban J connectivity index is 2.33. The molecule has 0 atom stereocenters. The predicted octanol–water partition coefficient (Wildman–Crippen LogP) is 2.78. The third kappa shape index (κ3) is 2.99. The molecule has 4 nitrogen and oxygen atoms in total. The van der Waals surface area contributed by atoms with Gasteiger partial charge < -0.3 is 5.73 Å². The Morgan fingerprint density at radius 3 is 2.60 bits per heavy atom. The molecule has 2 N–H and O–H groups in total. The van der Waals surface area contributed by atoms with Crippen LogP contribution in [0.4, 0.5) is 5.69 Å². The molecule has 2 rings (SSSR count). The molecule has 0 amide bonds. The molecule has 5 heteroatoms. The number of nitrogen functional groups attached to an aromatic ring is 1. The van der Waals surface area contributed by atoms with Gasteiger partial charge in [0.25, 0.3) is 0 Å². The van der Waals surface area contributed by atoms with E-state index in [1.807, 2.05) is 0 Å². The van der Waals surface area contributed by atoms with E-state index in [1.54, 1.807) is 29.4 Å². The van der Waals surface area contributed by atoms with Gasteiger partial charge in [0.15, 0.2) is 0 Å². The Morgan fingerprint density at radius 2 is 1.90 bits per heavy atom. The minimum absolute atomic E-state index is 0.217. The first kappa shape index (κ1) is 15.3. The van der Waals surface area contributed by atoms with Crippen LogP contribution in [-0.2, 0) is 10.0 Å². The number of benzene rings is 1. The summed E-state index contributed by atoms with van der Waals surface area (Å²) < 4.78 is 27.2. The van der Waals surface area contributed by atoms with Gasteiger partial charge in [-0.05, 0) is 49.3 Å². The maximum Gasteiger partial charge on any atom is 0.243 e. The fourth-order valence-corrected chi connectivity index (χ4v) is 4.42. The van der Waals surface area contributed by atoms with Crippen molar-refractivity contribution in [2.45, 2.75) is 44.9 Å². The average Bonchev–Trinajstić information content (AvgIpc) is 2.54. The zero-order valence-electron chi connectivity index (χ0n) is 12.5. The van der Waals surface area contributed by atoms with Crippen LogP contribution in [0, 0.1) is 12.3 Å². The molecule has 1 fully saturated rings. The van der Waals surface area contributed by atoms with E-state index >= 15 is 0 Å². The fraction of sp³-hybridized carbons (Fsp3) is 0.600. The summed E-state index contributed by atoms with van der Waals surface area (Å²) in [6, 6.07) is 5.09. The molecule has 0 aliphatic carbocycles. The number of sulfonamides is 1. The van der Waals surface area contributed by atoms with E-state index in [1.165, 1.54) is 0 Å². The lowest BCUT2D eigenvalue weighted by Crippen LogP contribution is -2.33. The van der Waals surface area contributed by atoms with Gasteiger partial charge in [0, 0.05) is 18.8 Å². The lowest BCUT2D eigenvalue weighted by Gasteiger charge is -2.23.